The molecule has 0 radical (unpaired) electrons. The van der Waals surface area contributed by atoms with Gasteiger partial charge in [-0.2, -0.15) is 0 Å². The Kier molecular flexibility index (Phi) is 6.31. The first kappa shape index (κ1) is 15.5. The lowest BCUT2D eigenvalue weighted by Gasteiger charge is -2.11. The molecule has 0 aliphatic rings. The van der Waals surface area contributed by atoms with Gasteiger partial charge in [0.25, 0.3) is 0 Å². The van der Waals surface area contributed by atoms with Crippen LogP contribution in [0.1, 0.15) is 17.3 Å². The van der Waals surface area contributed by atoms with Crippen molar-refractivity contribution in [1.29, 1.82) is 0 Å². The summed E-state index contributed by atoms with van der Waals surface area (Å²) < 4.78 is 5.58. The van der Waals surface area contributed by atoms with E-state index in [9.17, 15) is 9.59 Å². The summed E-state index contributed by atoms with van der Waals surface area (Å²) in [5.74, 6) is -1.11. The SMILES string of the molecule is CCOCCNC(=O)Nc1c(Br)cccc1C(=O)O. The first-order valence-corrected chi connectivity index (χ1v) is 6.50. The van der Waals surface area contributed by atoms with Crippen LogP contribution in [0.2, 0.25) is 0 Å². The van der Waals surface area contributed by atoms with Crippen molar-refractivity contribution in [3.8, 4) is 0 Å². The summed E-state index contributed by atoms with van der Waals surface area (Å²) in [6.07, 6.45) is 0. The fraction of sp³-hybridized carbons (Fsp3) is 0.333. The highest BCUT2D eigenvalue weighted by molar-refractivity contribution is 9.10. The molecule has 19 heavy (non-hydrogen) atoms. The second-order valence-electron chi connectivity index (χ2n) is 3.55. The number of nitrogens with one attached hydrogen (secondary N) is 2. The number of anilines is 1. The zero-order valence-electron chi connectivity index (χ0n) is 10.4. The fourth-order valence-corrected chi connectivity index (χ4v) is 1.83. The number of ether oxygens (including phenoxy) is 1. The molecular weight excluding hydrogens is 316 g/mol. The standard InChI is InChI=1S/C12H15BrN2O4/c1-2-19-7-6-14-12(18)15-10-8(11(16)17)4-3-5-9(10)13/h3-5H,2,6-7H2,1H3,(H,16,17)(H2,14,15,18). The van der Waals surface area contributed by atoms with E-state index in [1.54, 1.807) is 12.1 Å². The van der Waals surface area contributed by atoms with E-state index in [2.05, 4.69) is 26.6 Å². The Morgan fingerprint density at radius 3 is 2.79 bits per heavy atom. The minimum absolute atomic E-state index is 0.0225. The van der Waals surface area contributed by atoms with Crippen LogP contribution in [-0.4, -0.2) is 36.9 Å². The Balaban J connectivity index is 2.66. The highest BCUT2D eigenvalue weighted by Gasteiger charge is 2.14. The third-order valence-electron chi connectivity index (χ3n) is 2.22. The molecular formula is C12H15BrN2O4. The molecule has 0 saturated heterocycles. The molecule has 1 rings (SSSR count). The Labute approximate surface area is 119 Å². The van der Waals surface area contributed by atoms with Crippen LogP contribution >= 0.6 is 15.9 Å². The van der Waals surface area contributed by atoms with Gasteiger partial charge in [0, 0.05) is 17.6 Å². The van der Waals surface area contributed by atoms with Gasteiger partial charge in [0.05, 0.1) is 17.9 Å². The molecule has 0 bridgehead atoms. The lowest BCUT2D eigenvalue weighted by atomic mass is 10.2. The third kappa shape index (κ3) is 4.88. The molecule has 0 fully saturated rings. The third-order valence-corrected chi connectivity index (χ3v) is 2.88. The average molecular weight is 331 g/mol. The number of hydrogen-bond donors (Lipinski definition) is 3. The molecule has 0 unspecified atom stereocenters. The molecule has 6 nitrogen and oxygen atoms in total. The number of urea groups is 1. The topological polar surface area (TPSA) is 87.7 Å². The Morgan fingerprint density at radius 2 is 2.16 bits per heavy atom. The number of halogens is 1. The molecule has 0 heterocycles. The maximum absolute atomic E-state index is 11.6. The van der Waals surface area contributed by atoms with Gasteiger partial charge >= 0.3 is 12.0 Å². The van der Waals surface area contributed by atoms with E-state index in [1.807, 2.05) is 6.92 Å². The quantitative estimate of drug-likeness (QED) is 0.698. The molecule has 2 amide bonds. The number of carboxylic acid groups (broad SMARTS) is 1. The number of aromatic carboxylic acids is 1. The first-order chi connectivity index (χ1) is 9.06. The van der Waals surface area contributed by atoms with Crippen LogP contribution in [0.4, 0.5) is 10.5 Å². The lowest BCUT2D eigenvalue weighted by molar-refractivity contribution is 0.0698. The van der Waals surface area contributed by atoms with E-state index in [1.165, 1.54) is 6.07 Å². The monoisotopic (exact) mass is 330 g/mol. The zero-order valence-corrected chi connectivity index (χ0v) is 12.0. The molecule has 0 spiro atoms. The van der Waals surface area contributed by atoms with Gasteiger partial charge in [-0.25, -0.2) is 9.59 Å². The highest BCUT2D eigenvalue weighted by atomic mass is 79.9. The predicted octanol–water partition coefficient (Wildman–Crippen LogP) is 2.31. The summed E-state index contributed by atoms with van der Waals surface area (Å²) in [5, 5.41) is 14.1. The summed E-state index contributed by atoms with van der Waals surface area (Å²) in [6.45, 7) is 3.20. The van der Waals surface area contributed by atoms with Crippen molar-refractivity contribution in [3.05, 3.63) is 28.2 Å². The zero-order chi connectivity index (χ0) is 14.3. The molecule has 1 aromatic carbocycles. The summed E-state index contributed by atoms with van der Waals surface area (Å²) in [7, 11) is 0. The number of carboxylic acids is 1. The molecule has 7 heteroatoms. The smallest absolute Gasteiger partial charge is 0.337 e. The summed E-state index contributed by atoms with van der Waals surface area (Å²) in [6, 6.07) is 4.19. The minimum Gasteiger partial charge on any atom is -0.478 e. The Bertz CT molecular complexity index is 465. The number of amides is 2. The number of hydrogen-bond acceptors (Lipinski definition) is 3. The molecule has 0 aliphatic heterocycles. The van der Waals surface area contributed by atoms with Crippen molar-refractivity contribution >= 4 is 33.6 Å². The van der Waals surface area contributed by atoms with Gasteiger partial charge < -0.3 is 20.5 Å². The molecule has 3 N–H and O–H groups in total. The second-order valence-corrected chi connectivity index (χ2v) is 4.40. The van der Waals surface area contributed by atoms with Crippen LogP contribution < -0.4 is 10.6 Å². The molecule has 1 aromatic rings. The second kappa shape index (κ2) is 7.75. The number of benzene rings is 1. The van der Waals surface area contributed by atoms with Crippen molar-refractivity contribution < 1.29 is 19.4 Å². The number of carbonyl (C=O) groups excluding carboxylic acids is 1. The van der Waals surface area contributed by atoms with E-state index in [0.29, 0.717) is 24.2 Å². The van der Waals surface area contributed by atoms with E-state index in [0.717, 1.165) is 0 Å². The predicted molar refractivity (Wildman–Crippen MR) is 74.6 cm³/mol. The number of para-hydroxylation sites is 1. The average Bonchev–Trinajstić information content (AvgIpc) is 2.37. The van der Waals surface area contributed by atoms with E-state index >= 15 is 0 Å². The minimum atomic E-state index is -1.11. The van der Waals surface area contributed by atoms with Crippen LogP contribution in [0.3, 0.4) is 0 Å². The number of carbonyl (C=O) groups is 2. The van der Waals surface area contributed by atoms with Gasteiger partial charge in [0.1, 0.15) is 0 Å². The van der Waals surface area contributed by atoms with Crippen molar-refractivity contribution in [2.24, 2.45) is 0 Å². The van der Waals surface area contributed by atoms with Gasteiger partial charge in [-0.3, -0.25) is 0 Å². The first-order valence-electron chi connectivity index (χ1n) is 5.70. The van der Waals surface area contributed by atoms with Gasteiger partial charge in [0.15, 0.2) is 0 Å². The van der Waals surface area contributed by atoms with Crippen molar-refractivity contribution in [1.82, 2.24) is 5.32 Å². The van der Waals surface area contributed by atoms with Crippen molar-refractivity contribution in [2.75, 3.05) is 25.1 Å². The largest absolute Gasteiger partial charge is 0.478 e. The van der Waals surface area contributed by atoms with Crippen LogP contribution in [0.25, 0.3) is 0 Å². The van der Waals surface area contributed by atoms with Gasteiger partial charge in [0.2, 0.25) is 0 Å². The fourth-order valence-electron chi connectivity index (χ4n) is 1.37. The van der Waals surface area contributed by atoms with Crippen LogP contribution in [-0.2, 0) is 4.74 Å². The Morgan fingerprint density at radius 1 is 1.42 bits per heavy atom. The van der Waals surface area contributed by atoms with Crippen LogP contribution in [0.15, 0.2) is 22.7 Å². The van der Waals surface area contributed by atoms with E-state index in [4.69, 9.17) is 9.84 Å². The van der Waals surface area contributed by atoms with Crippen molar-refractivity contribution in [3.63, 3.8) is 0 Å². The molecule has 104 valence electrons. The molecule has 0 saturated carbocycles. The summed E-state index contributed by atoms with van der Waals surface area (Å²) in [4.78, 5) is 22.7. The van der Waals surface area contributed by atoms with Crippen molar-refractivity contribution in [2.45, 2.75) is 6.92 Å². The van der Waals surface area contributed by atoms with Gasteiger partial charge in [-0.15, -0.1) is 0 Å². The van der Waals surface area contributed by atoms with Gasteiger partial charge in [-0.05, 0) is 35.0 Å². The van der Waals surface area contributed by atoms with E-state index in [-0.39, 0.29) is 11.3 Å². The maximum Gasteiger partial charge on any atom is 0.337 e. The number of rotatable bonds is 6. The maximum atomic E-state index is 11.6. The van der Waals surface area contributed by atoms with Crippen LogP contribution in [0, 0.1) is 0 Å². The molecule has 0 aromatic heterocycles. The Hall–Kier alpha value is -1.60. The summed E-state index contributed by atoms with van der Waals surface area (Å²) in [5.41, 5.74) is 0.248. The lowest BCUT2D eigenvalue weighted by Crippen LogP contribution is -2.32. The van der Waals surface area contributed by atoms with E-state index < -0.39 is 12.0 Å². The highest BCUT2D eigenvalue weighted by Crippen LogP contribution is 2.26. The van der Waals surface area contributed by atoms with Crippen LogP contribution in [0.5, 0.6) is 0 Å². The van der Waals surface area contributed by atoms with Gasteiger partial charge in [-0.1, -0.05) is 6.07 Å². The normalized spacial score (nSPS) is 10.0. The molecule has 0 atom stereocenters. The molecule has 0 aliphatic carbocycles. The summed E-state index contributed by atoms with van der Waals surface area (Å²) >= 11 is 3.21.